The maximum absolute atomic E-state index is 14.0. The third-order valence-corrected chi connectivity index (χ3v) is 7.39. The second-order valence-corrected chi connectivity index (χ2v) is 9.15. The molecular formula is C25H20F2N2O3S. The number of methoxy groups -OCH3 is 1. The molecule has 2 heterocycles. The van der Waals surface area contributed by atoms with Crippen molar-refractivity contribution in [1.82, 2.24) is 4.90 Å². The summed E-state index contributed by atoms with van der Waals surface area (Å²) in [5.41, 5.74) is 2.26. The lowest BCUT2D eigenvalue weighted by molar-refractivity contribution is -0.123. The van der Waals surface area contributed by atoms with Crippen LogP contribution in [-0.4, -0.2) is 36.1 Å². The van der Waals surface area contributed by atoms with Crippen molar-refractivity contribution in [2.45, 2.75) is 11.4 Å². The first kappa shape index (κ1) is 21.5. The summed E-state index contributed by atoms with van der Waals surface area (Å²) >= 11 is 1.38. The van der Waals surface area contributed by atoms with Crippen LogP contribution in [0.4, 0.5) is 14.5 Å². The average Bonchev–Trinajstić information content (AvgIpc) is 3.36. The largest absolute Gasteiger partial charge is 0.497 e. The number of nitrogens with zero attached hydrogens (tertiary/aromatic N) is 2. The maximum Gasteiger partial charge on any atom is 0.268 e. The van der Waals surface area contributed by atoms with Crippen LogP contribution in [0.25, 0.3) is 0 Å². The molecule has 5 rings (SSSR count). The van der Waals surface area contributed by atoms with Crippen LogP contribution in [0.15, 0.2) is 66.7 Å². The molecule has 0 N–H and O–H groups in total. The predicted molar refractivity (Wildman–Crippen MR) is 122 cm³/mol. The maximum atomic E-state index is 14.0. The highest BCUT2D eigenvalue weighted by molar-refractivity contribution is 8.01. The number of benzene rings is 3. The van der Waals surface area contributed by atoms with Gasteiger partial charge in [0.25, 0.3) is 11.8 Å². The molecule has 2 aliphatic rings. The molecular weight excluding hydrogens is 446 g/mol. The minimum atomic E-state index is -1.28. The van der Waals surface area contributed by atoms with E-state index in [1.54, 1.807) is 48.4 Å². The van der Waals surface area contributed by atoms with Crippen molar-refractivity contribution in [3.8, 4) is 5.75 Å². The first-order chi connectivity index (χ1) is 15.9. The zero-order chi connectivity index (χ0) is 23.2. The summed E-state index contributed by atoms with van der Waals surface area (Å²) < 4.78 is 32.6. The molecule has 1 spiro atoms. The van der Waals surface area contributed by atoms with Gasteiger partial charge in [0.05, 0.1) is 19.3 Å². The van der Waals surface area contributed by atoms with Gasteiger partial charge < -0.3 is 14.5 Å². The van der Waals surface area contributed by atoms with E-state index in [2.05, 4.69) is 0 Å². The number of halogens is 2. The van der Waals surface area contributed by atoms with Crippen LogP contribution in [0.1, 0.15) is 21.5 Å². The molecule has 1 saturated heterocycles. The van der Waals surface area contributed by atoms with Gasteiger partial charge in [-0.15, -0.1) is 11.8 Å². The standard InChI is InChI=1S/C25H20F2N2O3S/c1-32-20-9-10-22-21(14-20)25(24(31)28(22)15-16-5-7-18(26)8-6-16)29(11-12-33-25)23(30)17-3-2-4-19(27)13-17/h2-10,13-14H,11-12,15H2,1H3/t25-/m1/s1. The second-order valence-electron chi connectivity index (χ2n) is 7.86. The van der Waals surface area contributed by atoms with Crippen LogP contribution in [-0.2, 0) is 16.2 Å². The fraction of sp³-hybridized carbons (Fsp3) is 0.200. The highest BCUT2D eigenvalue weighted by atomic mass is 32.2. The summed E-state index contributed by atoms with van der Waals surface area (Å²) in [5.74, 6) is -0.429. The molecule has 0 aromatic heterocycles. The van der Waals surface area contributed by atoms with Crippen molar-refractivity contribution in [2.24, 2.45) is 0 Å². The lowest BCUT2D eigenvalue weighted by Gasteiger charge is -2.33. The van der Waals surface area contributed by atoms with E-state index in [1.165, 1.54) is 47.0 Å². The Kier molecular flexibility index (Phi) is 5.32. The molecule has 3 aromatic rings. The first-order valence-electron chi connectivity index (χ1n) is 10.4. The fourth-order valence-electron chi connectivity index (χ4n) is 4.43. The summed E-state index contributed by atoms with van der Waals surface area (Å²) in [5, 5.41) is 0. The number of rotatable bonds is 4. The molecule has 0 saturated carbocycles. The predicted octanol–water partition coefficient (Wildman–Crippen LogP) is 4.56. The van der Waals surface area contributed by atoms with Crippen LogP contribution in [0, 0.1) is 11.6 Å². The van der Waals surface area contributed by atoms with Gasteiger partial charge in [0.15, 0.2) is 4.87 Å². The SMILES string of the molecule is COc1ccc2c(c1)[C@@]1(SCCN1C(=O)c1cccc(F)c1)C(=O)N2Cc1ccc(F)cc1. The molecule has 0 unspecified atom stereocenters. The van der Waals surface area contributed by atoms with E-state index in [9.17, 15) is 18.4 Å². The third-order valence-electron chi connectivity index (χ3n) is 5.97. The number of anilines is 1. The topological polar surface area (TPSA) is 49.9 Å². The smallest absolute Gasteiger partial charge is 0.268 e. The molecule has 2 amide bonds. The number of ether oxygens (including phenoxy) is 1. The first-order valence-corrected chi connectivity index (χ1v) is 11.4. The van der Waals surface area contributed by atoms with Crippen LogP contribution < -0.4 is 9.64 Å². The highest BCUT2D eigenvalue weighted by Crippen LogP contribution is 2.55. The fourth-order valence-corrected chi connectivity index (χ4v) is 5.88. The Balaban J connectivity index is 1.61. The molecule has 168 valence electrons. The zero-order valence-electron chi connectivity index (χ0n) is 17.8. The number of hydrogen-bond donors (Lipinski definition) is 0. The normalized spacial score (nSPS) is 19.3. The number of carbonyl (C=O) groups is 2. The Morgan fingerprint density at radius 1 is 1.06 bits per heavy atom. The quantitative estimate of drug-likeness (QED) is 0.566. The minimum Gasteiger partial charge on any atom is -0.497 e. The van der Waals surface area contributed by atoms with Gasteiger partial charge in [0.1, 0.15) is 17.4 Å². The molecule has 3 aromatic carbocycles. The lowest BCUT2D eigenvalue weighted by atomic mass is 10.0. The minimum absolute atomic E-state index is 0.186. The molecule has 0 bridgehead atoms. The van der Waals surface area contributed by atoms with Crippen LogP contribution >= 0.6 is 11.8 Å². The van der Waals surface area contributed by atoms with Crippen LogP contribution in [0.5, 0.6) is 5.75 Å². The van der Waals surface area contributed by atoms with Crippen molar-refractivity contribution in [3.05, 3.63) is 95.1 Å². The number of hydrogen-bond acceptors (Lipinski definition) is 4. The zero-order valence-corrected chi connectivity index (χ0v) is 18.6. The molecule has 1 atom stereocenters. The van der Waals surface area contributed by atoms with Crippen molar-refractivity contribution < 1.29 is 23.1 Å². The van der Waals surface area contributed by atoms with Gasteiger partial charge in [-0.3, -0.25) is 9.59 Å². The summed E-state index contributed by atoms with van der Waals surface area (Å²) in [6, 6.07) is 16.8. The van der Waals surface area contributed by atoms with Gasteiger partial charge in [-0.1, -0.05) is 18.2 Å². The molecule has 2 aliphatic heterocycles. The molecule has 8 heteroatoms. The molecule has 33 heavy (non-hydrogen) atoms. The van der Waals surface area contributed by atoms with E-state index in [-0.39, 0.29) is 23.8 Å². The third kappa shape index (κ3) is 3.45. The number of fused-ring (bicyclic) bond motifs is 2. The van der Waals surface area contributed by atoms with E-state index in [4.69, 9.17) is 4.74 Å². The average molecular weight is 467 g/mol. The van der Waals surface area contributed by atoms with Gasteiger partial charge in [0, 0.05) is 23.4 Å². The Bertz CT molecular complexity index is 1250. The lowest BCUT2D eigenvalue weighted by Crippen LogP contribution is -2.50. The Morgan fingerprint density at radius 3 is 2.58 bits per heavy atom. The summed E-state index contributed by atoms with van der Waals surface area (Å²) in [6.07, 6.45) is 0. The van der Waals surface area contributed by atoms with Crippen molar-refractivity contribution in [1.29, 1.82) is 0 Å². The summed E-state index contributed by atoms with van der Waals surface area (Å²) in [6.45, 7) is 0.565. The monoisotopic (exact) mass is 466 g/mol. The molecule has 1 fully saturated rings. The molecule has 0 aliphatic carbocycles. The van der Waals surface area contributed by atoms with Gasteiger partial charge in [-0.25, -0.2) is 8.78 Å². The molecule has 0 radical (unpaired) electrons. The van der Waals surface area contributed by atoms with Gasteiger partial charge in [-0.05, 0) is 54.1 Å². The Labute approximate surface area is 193 Å². The van der Waals surface area contributed by atoms with Crippen molar-refractivity contribution in [2.75, 3.05) is 24.3 Å². The Morgan fingerprint density at radius 2 is 1.85 bits per heavy atom. The highest BCUT2D eigenvalue weighted by Gasteiger charge is 2.59. The van der Waals surface area contributed by atoms with E-state index < -0.39 is 16.6 Å². The van der Waals surface area contributed by atoms with Crippen molar-refractivity contribution >= 4 is 29.3 Å². The van der Waals surface area contributed by atoms with Crippen molar-refractivity contribution in [3.63, 3.8) is 0 Å². The van der Waals surface area contributed by atoms with E-state index in [1.807, 2.05) is 0 Å². The van der Waals surface area contributed by atoms with Gasteiger partial charge >= 0.3 is 0 Å². The summed E-state index contributed by atoms with van der Waals surface area (Å²) in [7, 11) is 1.54. The van der Waals surface area contributed by atoms with Gasteiger partial charge in [-0.2, -0.15) is 0 Å². The van der Waals surface area contributed by atoms with Crippen LogP contribution in [0.3, 0.4) is 0 Å². The number of amides is 2. The van der Waals surface area contributed by atoms with Crippen LogP contribution in [0.2, 0.25) is 0 Å². The van der Waals surface area contributed by atoms with E-state index in [0.717, 1.165) is 5.56 Å². The van der Waals surface area contributed by atoms with Gasteiger partial charge in [0.2, 0.25) is 0 Å². The molecule has 5 nitrogen and oxygen atoms in total. The number of thioether (sulfide) groups is 1. The second kappa shape index (κ2) is 8.19. The Hall–Kier alpha value is -3.39. The van der Waals surface area contributed by atoms with E-state index >= 15 is 0 Å². The van der Waals surface area contributed by atoms with E-state index in [0.29, 0.717) is 29.3 Å². The summed E-state index contributed by atoms with van der Waals surface area (Å²) in [4.78, 5) is 29.3. The number of carbonyl (C=O) groups excluding carboxylic acids is 2.